The predicted octanol–water partition coefficient (Wildman–Crippen LogP) is 2.39. The Morgan fingerprint density at radius 1 is 1.13 bits per heavy atom. The quantitative estimate of drug-likeness (QED) is 0.783. The summed E-state index contributed by atoms with van der Waals surface area (Å²) in [7, 11) is 1.63. The molecule has 0 radical (unpaired) electrons. The number of aliphatic hydroxyl groups is 1. The van der Waals surface area contributed by atoms with E-state index in [1.165, 1.54) is 0 Å². The van der Waals surface area contributed by atoms with Crippen LogP contribution in [0.2, 0.25) is 0 Å². The first-order valence-electron chi connectivity index (χ1n) is 7.41. The average Bonchev–Trinajstić information content (AvgIpc) is 2.56. The Balaban J connectivity index is 2.15. The lowest BCUT2D eigenvalue weighted by Gasteiger charge is -2.22. The van der Waals surface area contributed by atoms with E-state index < -0.39 is 5.97 Å². The summed E-state index contributed by atoms with van der Waals surface area (Å²) in [6.07, 6.45) is 0. The zero-order valence-corrected chi connectivity index (χ0v) is 13.1. The molecule has 0 amide bonds. The number of ether oxygens (including phenoxy) is 1. The van der Waals surface area contributed by atoms with Gasteiger partial charge in [0.05, 0.1) is 19.3 Å². The maximum absolute atomic E-state index is 11.1. The third-order valence-corrected chi connectivity index (χ3v) is 3.58. The van der Waals surface area contributed by atoms with E-state index in [9.17, 15) is 9.90 Å². The van der Waals surface area contributed by atoms with E-state index >= 15 is 0 Å². The highest BCUT2D eigenvalue weighted by atomic mass is 16.5. The number of aromatic carboxylic acids is 1. The predicted molar refractivity (Wildman–Crippen MR) is 87.6 cm³/mol. The smallest absolute Gasteiger partial charge is 0.335 e. The van der Waals surface area contributed by atoms with Crippen LogP contribution in [0.3, 0.4) is 0 Å². The minimum absolute atomic E-state index is 0.0355. The van der Waals surface area contributed by atoms with Crippen molar-refractivity contribution in [3.8, 4) is 5.75 Å². The van der Waals surface area contributed by atoms with Gasteiger partial charge in [-0.2, -0.15) is 0 Å². The fourth-order valence-electron chi connectivity index (χ4n) is 2.49. The van der Waals surface area contributed by atoms with Crippen LogP contribution in [0, 0.1) is 0 Å². The molecule has 0 aliphatic carbocycles. The summed E-state index contributed by atoms with van der Waals surface area (Å²) < 4.78 is 5.36. The standard InChI is InChI=1S/C18H21NO4/c1-23-17-8-3-2-6-16(17)13-19(9-10-20)12-14-5-4-7-15(11-14)18(21)22/h2-8,11,20H,9-10,12-13H2,1H3,(H,21,22). The van der Waals surface area contributed by atoms with Gasteiger partial charge in [0.25, 0.3) is 0 Å². The molecule has 0 saturated carbocycles. The van der Waals surface area contributed by atoms with Crippen molar-refractivity contribution < 1.29 is 19.7 Å². The third kappa shape index (κ3) is 4.81. The molecule has 0 spiro atoms. The molecule has 0 aliphatic heterocycles. The fourth-order valence-corrected chi connectivity index (χ4v) is 2.49. The van der Waals surface area contributed by atoms with Crippen LogP contribution >= 0.6 is 0 Å². The number of carboxylic acid groups (broad SMARTS) is 1. The maximum Gasteiger partial charge on any atom is 0.335 e. The second-order valence-corrected chi connectivity index (χ2v) is 5.25. The van der Waals surface area contributed by atoms with Gasteiger partial charge < -0.3 is 14.9 Å². The molecule has 5 nitrogen and oxygen atoms in total. The van der Waals surface area contributed by atoms with Gasteiger partial charge in [-0.1, -0.05) is 30.3 Å². The highest BCUT2D eigenvalue weighted by molar-refractivity contribution is 5.87. The van der Waals surface area contributed by atoms with Crippen LogP contribution in [0.5, 0.6) is 5.75 Å². The summed E-state index contributed by atoms with van der Waals surface area (Å²) in [4.78, 5) is 13.1. The fraction of sp³-hybridized carbons (Fsp3) is 0.278. The first-order chi connectivity index (χ1) is 11.1. The van der Waals surface area contributed by atoms with Gasteiger partial charge in [0.2, 0.25) is 0 Å². The Morgan fingerprint density at radius 2 is 1.91 bits per heavy atom. The molecule has 0 heterocycles. The van der Waals surface area contributed by atoms with Crippen molar-refractivity contribution in [3.63, 3.8) is 0 Å². The van der Waals surface area contributed by atoms with Crippen molar-refractivity contribution in [1.82, 2.24) is 4.90 Å². The van der Waals surface area contributed by atoms with E-state index in [0.29, 0.717) is 19.6 Å². The molecule has 0 fully saturated rings. The Labute approximate surface area is 135 Å². The normalized spacial score (nSPS) is 10.7. The van der Waals surface area contributed by atoms with Gasteiger partial charge >= 0.3 is 5.97 Å². The molecule has 0 unspecified atom stereocenters. The number of hydrogen-bond acceptors (Lipinski definition) is 4. The highest BCUT2D eigenvalue weighted by Crippen LogP contribution is 2.20. The minimum atomic E-state index is -0.940. The van der Waals surface area contributed by atoms with Gasteiger partial charge in [-0.3, -0.25) is 4.90 Å². The Hall–Kier alpha value is -2.37. The van der Waals surface area contributed by atoms with Gasteiger partial charge in [-0.05, 0) is 23.8 Å². The number of carbonyl (C=O) groups is 1. The number of rotatable bonds is 8. The monoisotopic (exact) mass is 315 g/mol. The van der Waals surface area contributed by atoms with Crippen molar-refractivity contribution in [2.45, 2.75) is 13.1 Å². The number of para-hydroxylation sites is 1. The van der Waals surface area contributed by atoms with Crippen LogP contribution < -0.4 is 4.74 Å². The van der Waals surface area contributed by atoms with Crippen molar-refractivity contribution in [3.05, 3.63) is 65.2 Å². The topological polar surface area (TPSA) is 70.0 Å². The molecule has 2 N–H and O–H groups in total. The van der Waals surface area contributed by atoms with E-state index in [-0.39, 0.29) is 12.2 Å². The van der Waals surface area contributed by atoms with Gasteiger partial charge in [-0.25, -0.2) is 4.79 Å². The van der Waals surface area contributed by atoms with Crippen LogP contribution in [0.15, 0.2) is 48.5 Å². The number of benzene rings is 2. The van der Waals surface area contributed by atoms with Crippen molar-refractivity contribution in [2.24, 2.45) is 0 Å². The Kier molecular flexibility index (Phi) is 6.14. The molecule has 0 saturated heterocycles. The number of aliphatic hydroxyl groups excluding tert-OH is 1. The van der Waals surface area contributed by atoms with Gasteiger partial charge in [0, 0.05) is 25.2 Å². The van der Waals surface area contributed by atoms with Gasteiger partial charge in [0.1, 0.15) is 5.75 Å². The second-order valence-electron chi connectivity index (χ2n) is 5.25. The first kappa shape index (κ1) is 17.0. The van der Waals surface area contributed by atoms with Crippen molar-refractivity contribution in [2.75, 3.05) is 20.3 Å². The maximum atomic E-state index is 11.1. The molecule has 0 aromatic heterocycles. The summed E-state index contributed by atoms with van der Waals surface area (Å²) >= 11 is 0. The molecule has 23 heavy (non-hydrogen) atoms. The van der Waals surface area contributed by atoms with E-state index in [0.717, 1.165) is 16.9 Å². The SMILES string of the molecule is COc1ccccc1CN(CCO)Cc1cccc(C(=O)O)c1. The molecule has 2 rings (SSSR count). The zero-order chi connectivity index (χ0) is 16.7. The number of nitrogens with zero attached hydrogens (tertiary/aromatic N) is 1. The number of carboxylic acids is 1. The molecule has 0 aliphatic rings. The summed E-state index contributed by atoms with van der Waals surface area (Å²) in [5, 5.41) is 18.4. The van der Waals surface area contributed by atoms with Crippen LogP contribution in [0.1, 0.15) is 21.5 Å². The zero-order valence-electron chi connectivity index (χ0n) is 13.1. The van der Waals surface area contributed by atoms with Crippen molar-refractivity contribution >= 4 is 5.97 Å². The largest absolute Gasteiger partial charge is 0.496 e. The average molecular weight is 315 g/mol. The summed E-state index contributed by atoms with van der Waals surface area (Å²) in [6, 6.07) is 14.6. The first-order valence-corrected chi connectivity index (χ1v) is 7.41. The lowest BCUT2D eigenvalue weighted by molar-refractivity contribution is 0.0696. The number of methoxy groups -OCH3 is 1. The third-order valence-electron chi connectivity index (χ3n) is 3.58. The van der Waals surface area contributed by atoms with Crippen LogP contribution in [-0.4, -0.2) is 41.3 Å². The summed E-state index contributed by atoms with van der Waals surface area (Å²) in [5.41, 5.74) is 2.19. The lowest BCUT2D eigenvalue weighted by Crippen LogP contribution is -2.26. The Morgan fingerprint density at radius 3 is 2.61 bits per heavy atom. The molecule has 122 valence electrons. The second kappa shape index (κ2) is 8.31. The van der Waals surface area contributed by atoms with E-state index in [1.54, 1.807) is 25.3 Å². The van der Waals surface area contributed by atoms with E-state index in [4.69, 9.17) is 9.84 Å². The van der Waals surface area contributed by atoms with Crippen molar-refractivity contribution in [1.29, 1.82) is 0 Å². The molecule has 5 heteroatoms. The molecular weight excluding hydrogens is 294 g/mol. The molecule has 0 atom stereocenters. The Bertz CT molecular complexity index is 657. The molecular formula is C18H21NO4. The molecule has 2 aromatic rings. The number of hydrogen-bond donors (Lipinski definition) is 2. The van der Waals surface area contributed by atoms with Crippen LogP contribution in [0.25, 0.3) is 0 Å². The lowest BCUT2D eigenvalue weighted by atomic mass is 10.1. The van der Waals surface area contributed by atoms with Crippen LogP contribution in [0.4, 0.5) is 0 Å². The highest BCUT2D eigenvalue weighted by Gasteiger charge is 2.11. The van der Waals surface area contributed by atoms with Crippen LogP contribution in [-0.2, 0) is 13.1 Å². The molecule has 2 aromatic carbocycles. The minimum Gasteiger partial charge on any atom is -0.496 e. The molecule has 0 bridgehead atoms. The van der Waals surface area contributed by atoms with E-state index in [2.05, 4.69) is 4.90 Å². The van der Waals surface area contributed by atoms with Gasteiger partial charge in [0.15, 0.2) is 0 Å². The summed E-state index contributed by atoms with van der Waals surface area (Å²) in [6.45, 7) is 1.70. The van der Waals surface area contributed by atoms with E-state index in [1.807, 2.05) is 30.3 Å². The summed E-state index contributed by atoms with van der Waals surface area (Å²) in [5.74, 6) is -0.139. The van der Waals surface area contributed by atoms with Gasteiger partial charge in [-0.15, -0.1) is 0 Å².